The molecule has 3 rings (SSSR count). The molecular weight excluding hydrogens is 354 g/mol. The number of benzene rings is 2. The Labute approximate surface area is 164 Å². The standard InChI is InChI=1S/C22H23N3O3/c1-16(26)19-12-23-22(24-13-19)25(14-17-4-8-20(27-2)9-5-17)15-18-6-10-21(28-3)11-7-18/h4-13H,14-15H2,1-3H3. The van der Waals surface area contributed by atoms with Crippen molar-refractivity contribution in [2.75, 3.05) is 19.1 Å². The minimum atomic E-state index is -0.0524. The van der Waals surface area contributed by atoms with E-state index in [9.17, 15) is 4.79 Å². The van der Waals surface area contributed by atoms with E-state index in [1.165, 1.54) is 6.92 Å². The van der Waals surface area contributed by atoms with Crippen LogP contribution < -0.4 is 14.4 Å². The maximum Gasteiger partial charge on any atom is 0.225 e. The Balaban J connectivity index is 1.85. The molecular formula is C22H23N3O3. The van der Waals surface area contributed by atoms with Crippen LogP contribution in [-0.4, -0.2) is 30.0 Å². The van der Waals surface area contributed by atoms with Gasteiger partial charge >= 0.3 is 0 Å². The molecule has 6 nitrogen and oxygen atoms in total. The van der Waals surface area contributed by atoms with Crippen LogP contribution in [-0.2, 0) is 13.1 Å². The van der Waals surface area contributed by atoms with E-state index < -0.39 is 0 Å². The minimum Gasteiger partial charge on any atom is -0.497 e. The van der Waals surface area contributed by atoms with Crippen LogP contribution in [0, 0.1) is 0 Å². The van der Waals surface area contributed by atoms with E-state index in [0.29, 0.717) is 24.6 Å². The highest BCUT2D eigenvalue weighted by molar-refractivity contribution is 5.93. The molecule has 0 aliphatic heterocycles. The maximum atomic E-state index is 11.5. The number of Topliss-reactive ketones (excluding diaryl/α,β-unsaturated/α-hetero) is 1. The molecule has 0 radical (unpaired) electrons. The SMILES string of the molecule is COc1ccc(CN(Cc2ccc(OC)cc2)c2ncc(C(C)=O)cn2)cc1. The van der Waals surface area contributed by atoms with Crippen LogP contribution in [0.3, 0.4) is 0 Å². The summed E-state index contributed by atoms with van der Waals surface area (Å²) >= 11 is 0. The number of aromatic nitrogens is 2. The summed E-state index contributed by atoms with van der Waals surface area (Å²) in [5.41, 5.74) is 2.71. The number of carbonyl (C=O) groups is 1. The summed E-state index contributed by atoms with van der Waals surface area (Å²) in [7, 11) is 3.30. The second-order valence-corrected chi connectivity index (χ2v) is 6.38. The average molecular weight is 377 g/mol. The Morgan fingerprint density at radius 1 is 0.821 bits per heavy atom. The van der Waals surface area contributed by atoms with Crippen molar-refractivity contribution in [1.29, 1.82) is 0 Å². The summed E-state index contributed by atoms with van der Waals surface area (Å²) < 4.78 is 10.5. The summed E-state index contributed by atoms with van der Waals surface area (Å²) in [6.07, 6.45) is 3.14. The van der Waals surface area contributed by atoms with Gasteiger partial charge in [0.1, 0.15) is 11.5 Å². The van der Waals surface area contributed by atoms with Crippen LogP contribution in [0.15, 0.2) is 60.9 Å². The van der Waals surface area contributed by atoms with Crippen molar-refractivity contribution in [2.45, 2.75) is 20.0 Å². The van der Waals surface area contributed by atoms with Crippen LogP contribution >= 0.6 is 0 Å². The Bertz CT molecular complexity index is 858. The molecule has 0 aliphatic carbocycles. The molecule has 0 N–H and O–H groups in total. The third-order valence-corrected chi connectivity index (χ3v) is 4.39. The number of ether oxygens (including phenoxy) is 2. The number of hydrogen-bond donors (Lipinski definition) is 0. The first-order chi connectivity index (χ1) is 13.6. The number of carbonyl (C=O) groups excluding carboxylic acids is 1. The summed E-state index contributed by atoms with van der Waals surface area (Å²) in [6.45, 7) is 2.75. The van der Waals surface area contributed by atoms with Gasteiger partial charge in [-0.25, -0.2) is 9.97 Å². The quantitative estimate of drug-likeness (QED) is 0.555. The Morgan fingerprint density at radius 3 is 1.61 bits per heavy atom. The highest BCUT2D eigenvalue weighted by atomic mass is 16.5. The van der Waals surface area contributed by atoms with Gasteiger partial charge in [0.25, 0.3) is 0 Å². The molecule has 0 aliphatic rings. The number of anilines is 1. The molecule has 0 fully saturated rings. The largest absolute Gasteiger partial charge is 0.497 e. The van der Waals surface area contributed by atoms with Crippen molar-refractivity contribution in [2.24, 2.45) is 0 Å². The lowest BCUT2D eigenvalue weighted by molar-refractivity contribution is 0.101. The van der Waals surface area contributed by atoms with Gasteiger partial charge in [-0.15, -0.1) is 0 Å². The lowest BCUT2D eigenvalue weighted by Crippen LogP contribution is -2.24. The second-order valence-electron chi connectivity index (χ2n) is 6.38. The summed E-state index contributed by atoms with van der Waals surface area (Å²) in [5, 5.41) is 0. The van der Waals surface area contributed by atoms with E-state index in [-0.39, 0.29) is 5.78 Å². The highest BCUT2D eigenvalue weighted by Crippen LogP contribution is 2.20. The zero-order valence-corrected chi connectivity index (χ0v) is 16.3. The van der Waals surface area contributed by atoms with Crippen LogP contribution in [0.5, 0.6) is 11.5 Å². The fourth-order valence-corrected chi connectivity index (χ4v) is 2.77. The third-order valence-electron chi connectivity index (χ3n) is 4.39. The molecule has 144 valence electrons. The van der Waals surface area contributed by atoms with Gasteiger partial charge < -0.3 is 14.4 Å². The molecule has 6 heteroatoms. The topological polar surface area (TPSA) is 64.6 Å². The summed E-state index contributed by atoms with van der Waals surface area (Å²) in [4.78, 5) is 22.4. The normalized spacial score (nSPS) is 10.4. The molecule has 0 amide bonds. The van der Waals surface area contributed by atoms with E-state index in [4.69, 9.17) is 9.47 Å². The molecule has 0 saturated heterocycles. The first-order valence-electron chi connectivity index (χ1n) is 8.93. The van der Waals surface area contributed by atoms with Gasteiger partial charge in [0.15, 0.2) is 5.78 Å². The number of nitrogens with zero attached hydrogens (tertiary/aromatic N) is 3. The van der Waals surface area contributed by atoms with Crippen LogP contribution in [0.4, 0.5) is 5.95 Å². The molecule has 1 aromatic heterocycles. The second kappa shape index (κ2) is 8.99. The van der Waals surface area contributed by atoms with Crippen LogP contribution in [0.1, 0.15) is 28.4 Å². The molecule has 0 unspecified atom stereocenters. The number of methoxy groups -OCH3 is 2. The lowest BCUT2D eigenvalue weighted by Gasteiger charge is -2.23. The fraction of sp³-hybridized carbons (Fsp3) is 0.227. The predicted molar refractivity (Wildman–Crippen MR) is 108 cm³/mol. The summed E-state index contributed by atoms with van der Waals surface area (Å²) in [5.74, 6) is 2.14. The number of hydrogen-bond acceptors (Lipinski definition) is 6. The molecule has 1 heterocycles. The van der Waals surface area contributed by atoms with Crippen molar-refractivity contribution in [3.63, 3.8) is 0 Å². The van der Waals surface area contributed by atoms with Crippen molar-refractivity contribution in [1.82, 2.24) is 9.97 Å². The van der Waals surface area contributed by atoms with Crippen molar-refractivity contribution in [3.8, 4) is 11.5 Å². The van der Waals surface area contributed by atoms with E-state index >= 15 is 0 Å². The van der Waals surface area contributed by atoms with Gasteiger partial charge in [0.05, 0.1) is 19.8 Å². The Morgan fingerprint density at radius 2 is 1.25 bits per heavy atom. The van der Waals surface area contributed by atoms with Crippen molar-refractivity contribution in [3.05, 3.63) is 77.6 Å². The van der Waals surface area contributed by atoms with Crippen LogP contribution in [0.2, 0.25) is 0 Å². The minimum absolute atomic E-state index is 0.0524. The average Bonchev–Trinajstić information content (AvgIpc) is 2.74. The smallest absolute Gasteiger partial charge is 0.225 e. The molecule has 0 spiro atoms. The van der Waals surface area contributed by atoms with Gasteiger partial charge in [-0.1, -0.05) is 24.3 Å². The predicted octanol–water partition coefficient (Wildman–Crippen LogP) is 3.90. The van der Waals surface area contributed by atoms with Crippen molar-refractivity contribution < 1.29 is 14.3 Å². The molecule has 3 aromatic rings. The first-order valence-corrected chi connectivity index (χ1v) is 8.93. The zero-order valence-electron chi connectivity index (χ0n) is 16.3. The van der Waals surface area contributed by atoms with Gasteiger partial charge in [-0.2, -0.15) is 0 Å². The molecule has 0 atom stereocenters. The maximum absolute atomic E-state index is 11.5. The van der Waals surface area contributed by atoms with E-state index in [1.807, 2.05) is 48.5 Å². The van der Waals surface area contributed by atoms with Gasteiger partial charge in [-0.05, 0) is 42.3 Å². The van der Waals surface area contributed by atoms with Gasteiger partial charge in [0.2, 0.25) is 5.95 Å². The van der Waals surface area contributed by atoms with E-state index in [0.717, 1.165) is 22.6 Å². The zero-order chi connectivity index (χ0) is 19.9. The van der Waals surface area contributed by atoms with Crippen LogP contribution in [0.25, 0.3) is 0 Å². The number of rotatable bonds is 8. The number of ketones is 1. The highest BCUT2D eigenvalue weighted by Gasteiger charge is 2.13. The Kier molecular flexibility index (Phi) is 6.22. The first kappa shape index (κ1) is 19.4. The summed E-state index contributed by atoms with van der Waals surface area (Å²) in [6, 6.07) is 15.8. The van der Waals surface area contributed by atoms with Gasteiger partial charge in [0, 0.05) is 25.5 Å². The third kappa shape index (κ3) is 4.85. The van der Waals surface area contributed by atoms with Crippen molar-refractivity contribution >= 4 is 11.7 Å². The lowest BCUT2D eigenvalue weighted by atomic mass is 10.1. The van der Waals surface area contributed by atoms with E-state index in [1.54, 1.807) is 26.6 Å². The molecule has 0 bridgehead atoms. The molecule has 2 aromatic carbocycles. The molecule has 28 heavy (non-hydrogen) atoms. The van der Waals surface area contributed by atoms with Gasteiger partial charge in [-0.3, -0.25) is 4.79 Å². The molecule has 0 saturated carbocycles. The van der Waals surface area contributed by atoms with E-state index in [2.05, 4.69) is 14.9 Å². The Hall–Kier alpha value is -3.41. The fourth-order valence-electron chi connectivity index (χ4n) is 2.77. The monoisotopic (exact) mass is 377 g/mol.